The summed E-state index contributed by atoms with van der Waals surface area (Å²) in [6, 6.07) is 18.4. The zero-order valence-corrected chi connectivity index (χ0v) is 16.5. The predicted octanol–water partition coefficient (Wildman–Crippen LogP) is 3.62. The average molecular weight is 393 g/mol. The lowest BCUT2D eigenvalue weighted by Crippen LogP contribution is -2.43. The molecule has 0 saturated carbocycles. The topological polar surface area (TPSA) is 66.8 Å². The molecule has 29 heavy (non-hydrogen) atoms. The number of hydrogen-bond acceptors (Lipinski definition) is 3. The van der Waals surface area contributed by atoms with Gasteiger partial charge in [-0.05, 0) is 41.9 Å². The van der Waals surface area contributed by atoms with E-state index in [2.05, 4.69) is 24.3 Å². The molecule has 2 aliphatic rings. The Kier molecular flexibility index (Phi) is 5.95. The van der Waals surface area contributed by atoms with Crippen LogP contribution >= 0.6 is 0 Å². The van der Waals surface area contributed by atoms with Gasteiger partial charge in [0.15, 0.2) is 0 Å². The molecule has 4 rings (SSSR count). The number of benzene rings is 2. The highest BCUT2D eigenvalue weighted by molar-refractivity contribution is 5.79. The SMILES string of the molecule is O=C(O)C1CCO[C@H]1C1CCN(C(=O)Cc2ccc(-c3ccccc3)cc2)CC1. The van der Waals surface area contributed by atoms with Crippen molar-refractivity contribution in [2.24, 2.45) is 11.8 Å². The quantitative estimate of drug-likeness (QED) is 0.843. The third-order valence-electron chi connectivity index (χ3n) is 6.23. The van der Waals surface area contributed by atoms with Crippen LogP contribution in [-0.2, 0) is 20.7 Å². The van der Waals surface area contributed by atoms with Crippen molar-refractivity contribution in [1.29, 1.82) is 0 Å². The van der Waals surface area contributed by atoms with Crippen molar-refractivity contribution in [3.05, 3.63) is 60.2 Å². The molecule has 5 nitrogen and oxygen atoms in total. The van der Waals surface area contributed by atoms with Gasteiger partial charge in [0.1, 0.15) is 0 Å². The number of nitrogens with zero attached hydrogens (tertiary/aromatic N) is 1. The molecule has 0 aromatic heterocycles. The molecule has 1 amide bonds. The number of carboxylic acid groups (broad SMARTS) is 1. The van der Waals surface area contributed by atoms with Gasteiger partial charge in [-0.3, -0.25) is 9.59 Å². The minimum absolute atomic E-state index is 0.137. The molecule has 0 radical (unpaired) electrons. The molecule has 2 fully saturated rings. The second-order valence-corrected chi connectivity index (χ2v) is 8.03. The lowest BCUT2D eigenvalue weighted by molar-refractivity contribution is -0.145. The maximum Gasteiger partial charge on any atom is 0.309 e. The Morgan fingerprint density at radius 3 is 2.24 bits per heavy atom. The number of aliphatic carboxylic acids is 1. The fourth-order valence-electron chi connectivity index (χ4n) is 4.55. The van der Waals surface area contributed by atoms with Gasteiger partial charge in [-0.1, -0.05) is 54.6 Å². The number of carbonyl (C=O) groups is 2. The highest BCUT2D eigenvalue weighted by Gasteiger charge is 2.40. The molecule has 2 aromatic rings. The minimum Gasteiger partial charge on any atom is -0.481 e. The highest BCUT2D eigenvalue weighted by atomic mass is 16.5. The first-order valence-corrected chi connectivity index (χ1v) is 10.4. The first-order chi connectivity index (χ1) is 14.1. The van der Waals surface area contributed by atoms with Gasteiger partial charge in [0, 0.05) is 19.7 Å². The van der Waals surface area contributed by atoms with Crippen molar-refractivity contribution in [2.45, 2.75) is 31.8 Å². The lowest BCUT2D eigenvalue weighted by atomic mass is 9.84. The predicted molar refractivity (Wildman–Crippen MR) is 110 cm³/mol. The van der Waals surface area contributed by atoms with Crippen LogP contribution in [-0.4, -0.2) is 47.7 Å². The Balaban J connectivity index is 1.30. The highest BCUT2D eigenvalue weighted by Crippen LogP contribution is 2.33. The smallest absolute Gasteiger partial charge is 0.309 e. The number of piperidine rings is 1. The monoisotopic (exact) mass is 393 g/mol. The van der Waals surface area contributed by atoms with E-state index in [0.717, 1.165) is 24.0 Å². The van der Waals surface area contributed by atoms with E-state index in [9.17, 15) is 14.7 Å². The van der Waals surface area contributed by atoms with Gasteiger partial charge in [0.2, 0.25) is 5.91 Å². The molecule has 152 valence electrons. The van der Waals surface area contributed by atoms with Crippen LogP contribution in [0.1, 0.15) is 24.8 Å². The zero-order chi connectivity index (χ0) is 20.2. The van der Waals surface area contributed by atoms with Crippen LogP contribution in [0, 0.1) is 11.8 Å². The summed E-state index contributed by atoms with van der Waals surface area (Å²) < 4.78 is 5.72. The molecule has 2 heterocycles. The number of likely N-dealkylation sites (tertiary alicyclic amines) is 1. The molecule has 1 unspecified atom stereocenters. The molecular weight excluding hydrogens is 366 g/mol. The summed E-state index contributed by atoms with van der Waals surface area (Å²) in [4.78, 5) is 26.0. The fraction of sp³-hybridized carbons (Fsp3) is 0.417. The maximum atomic E-state index is 12.7. The Morgan fingerprint density at radius 1 is 0.931 bits per heavy atom. The largest absolute Gasteiger partial charge is 0.481 e. The Bertz CT molecular complexity index is 841. The van der Waals surface area contributed by atoms with Crippen LogP contribution in [0.15, 0.2) is 54.6 Å². The van der Waals surface area contributed by atoms with E-state index in [1.165, 1.54) is 5.56 Å². The van der Waals surface area contributed by atoms with Crippen molar-refractivity contribution < 1.29 is 19.4 Å². The molecule has 5 heteroatoms. The summed E-state index contributed by atoms with van der Waals surface area (Å²) in [5.41, 5.74) is 3.33. The van der Waals surface area contributed by atoms with Gasteiger partial charge >= 0.3 is 5.97 Å². The van der Waals surface area contributed by atoms with Crippen LogP contribution in [0.25, 0.3) is 11.1 Å². The summed E-state index contributed by atoms with van der Waals surface area (Å²) in [5.74, 6) is -0.791. The Labute approximate surface area is 171 Å². The van der Waals surface area contributed by atoms with Crippen molar-refractivity contribution in [2.75, 3.05) is 19.7 Å². The second-order valence-electron chi connectivity index (χ2n) is 8.03. The molecule has 2 saturated heterocycles. The minimum atomic E-state index is -0.759. The Morgan fingerprint density at radius 2 is 1.59 bits per heavy atom. The van der Waals surface area contributed by atoms with Crippen molar-refractivity contribution in [1.82, 2.24) is 4.90 Å². The molecule has 1 N–H and O–H groups in total. The maximum absolute atomic E-state index is 12.7. The molecule has 0 bridgehead atoms. The third-order valence-corrected chi connectivity index (χ3v) is 6.23. The number of carboxylic acids is 1. The summed E-state index contributed by atoms with van der Waals surface area (Å²) in [6.45, 7) is 1.88. The first-order valence-electron chi connectivity index (χ1n) is 10.4. The summed E-state index contributed by atoms with van der Waals surface area (Å²) in [5, 5.41) is 9.37. The molecule has 2 atom stereocenters. The van der Waals surface area contributed by atoms with Crippen molar-refractivity contribution in [3.63, 3.8) is 0 Å². The van der Waals surface area contributed by atoms with Gasteiger partial charge in [-0.2, -0.15) is 0 Å². The van der Waals surface area contributed by atoms with Crippen LogP contribution in [0.4, 0.5) is 0 Å². The van der Waals surface area contributed by atoms with Gasteiger partial charge < -0.3 is 14.7 Å². The Hall–Kier alpha value is -2.66. The summed E-state index contributed by atoms with van der Waals surface area (Å²) >= 11 is 0. The average Bonchev–Trinajstić information content (AvgIpc) is 3.25. The molecule has 0 spiro atoms. The molecule has 2 aliphatic heterocycles. The zero-order valence-electron chi connectivity index (χ0n) is 16.5. The van der Waals surface area contributed by atoms with Gasteiger partial charge in [0.25, 0.3) is 0 Å². The summed E-state index contributed by atoms with van der Waals surface area (Å²) in [7, 11) is 0. The van der Waals surface area contributed by atoms with Gasteiger partial charge in [0.05, 0.1) is 18.4 Å². The number of rotatable bonds is 5. The van der Waals surface area contributed by atoms with Crippen molar-refractivity contribution in [3.8, 4) is 11.1 Å². The molecular formula is C24H27NO4. The standard InChI is InChI=1S/C24H27NO4/c26-22(16-17-6-8-19(9-7-17)18-4-2-1-3-5-18)25-13-10-20(11-14-25)23-21(24(27)28)12-15-29-23/h1-9,20-21,23H,10-16H2,(H,27,28)/t21?,23-/m0/s1. The normalized spacial score (nSPS) is 22.6. The van der Waals surface area contributed by atoms with Gasteiger partial charge in [-0.15, -0.1) is 0 Å². The fourth-order valence-corrected chi connectivity index (χ4v) is 4.55. The van der Waals surface area contributed by atoms with E-state index in [4.69, 9.17) is 4.74 Å². The number of amides is 1. The number of ether oxygens (including phenoxy) is 1. The van der Waals surface area contributed by atoms with E-state index in [1.807, 2.05) is 35.2 Å². The second kappa shape index (κ2) is 8.78. The van der Waals surface area contributed by atoms with Gasteiger partial charge in [-0.25, -0.2) is 0 Å². The van der Waals surface area contributed by atoms with Crippen LogP contribution in [0.3, 0.4) is 0 Å². The summed E-state index contributed by atoms with van der Waals surface area (Å²) in [6.07, 6.45) is 2.42. The van der Waals surface area contributed by atoms with E-state index >= 15 is 0 Å². The molecule has 0 aliphatic carbocycles. The van der Waals surface area contributed by atoms with E-state index < -0.39 is 11.9 Å². The van der Waals surface area contributed by atoms with Crippen LogP contribution in [0.2, 0.25) is 0 Å². The lowest BCUT2D eigenvalue weighted by Gasteiger charge is -2.35. The molecule has 2 aromatic carbocycles. The van der Waals surface area contributed by atoms with E-state index in [-0.39, 0.29) is 17.9 Å². The van der Waals surface area contributed by atoms with Crippen LogP contribution < -0.4 is 0 Å². The van der Waals surface area contributed by atoms with E-state index in [1.54, 1.807) is 0 Å². The number of hydrogen-bond donors (Lipinski definition) is 1. The first kappa shape index (κ1) is 19.6. The van der Waals surface area contributed by atoms with Crippen molar-refractivity contribution >= 4 is 11.9 Å². The van der Waals surface area contributed by atoms with Crippen LogP contribution in [0.5, 0.6) is 0 Å². The number of carbonyl (C=O) groups excluding carboxylic acids is 1. The van der Waals surface area contributed by atoms with E-state index in [0.29, 0.717) is 32.5 Å². The third kappa shape index (κ3) is 4.51.